The van der Waals surface area contributed by atoms with Crippen LogP contribution in [0.2, 0.25) is 5.02 Å². The molecule has 0 aliphatic carbocycles. The lowest BCUT2D eigenvalue weighted by atomic mass is 9.92. The fraction of sp³-hybridized carbons (Fsp3) is 0.294. The molecule has 0 bridgehead atoms. The number of rotatable bonds is 3. The Bertz CT molecular complexity index is 580. The molecule has 0 saturated heterocycles. The van der Waals surface area contributed by atoms with Crippen LogP contribution >= 0.6 is 11.6 Å². The fourth-order valence-corrected chi connectivity index (χ4v) is 2.84. The molecular weight excluding hydrogens is 272 g/mol. The quantitative estimate of drug-likeness (QED) is 0.936. The van der Waals surface area contributed by atoms with E-state index in [9.17, 15) is 5.11 Å². The van der Waals surface area contributed by atoms with Crippen molar-refractivity contribution in [2.75, 3.05) is 6.61 Å². The van der Waals surface area contributed by atoms with Crippen LogP contribution < -0.4 is 0 Å². The van der Waals surface area contributed by atoms with Gasteiger partial charge in [-0.05, 0) is 35.2 Å². The summed E-state index contributed by atoms with van der Waals surface area (Å²) < 4.78 is 5.79. The molecule has 0 fully saturated rings. The van der Waals surface area contributed by atoms with Gasteiger partial charge < -0.3 is 9.84 Å². The molecule has 0 amide bonds. The predicted octanol–water partition coefficient (Wildman–Crippen LogP) is 3.56. The lowest BCUT2D eigenvalue weighted by molar-refractivity contribution is -0.0460. The summed E-state index contributed by atoms with van der Waals surface area (Å²) in [5, 5.41) is 11.2. The van der Waals surface area contributed by atoms with E-state index in [1.165, 1.54) is 5.56 Å². The Hall–Kier alpha value is -1.35. The minimum absolute atomic E-state index is 0.240. The van der Waals surface area contributed by atoms with Gasteiger partial charge in [0, 0.05) is 11.4 Å². The Balaban J connectivity index is 1.78. The highest BCUT2D eigenvalue weighted by Crippen LogP contribution is 2.31. The normalized spacial score (nSPS) is 19.4. The van der Waals surface area contributed by atoms with E-state index in [1.807, 2.05) is 42.5 Å². The van der Waals surface area contributed by atoms with E-state index in [-0.39, 0.29) is 6.10 Å². The Morgan fingerprint density at radius 3 is 2.70 bits per heavy atom. The molecule has 20 heavy (non-hydrogen) atoms. The molecule has 3 rings (SSSR count). The van der Waals surface area contributed by atoms with Gasteiger partial charge in [0.1, 0.15) is 6.10 Å². The number of aliphatic hydroxyl groups is 1. The van der Waals surface area contributed by atoms with E-state index >= 15 is 0 Å². The summed E-state index contributed by atoms with van der Waals surface area (Å²) in [6, 6.07) is 15.8. The van der Waals surface area contributed by atoms with Gasteiger partial charge in [0.15, 0.2) is 0 Å². The second-order valence-corrected chi connectivity index (χ2v) is 5.57. The molecule has 1 N–H and O–H groups in total. The van der Waals surface area contributed by atoms with Crippen LogP contribution in [0.3, 0.4) is 0 Å². The third-order valence-corrected chi connectivity index (χ3v) is 3.99. The molecule has 0 spiro atoms. The van der Waals surface area contributed by atoms with Gasteiger partial charge >= 0.3 is 0 Å². The third kappa shape index (κ3) is 2.88. The first kappa shape index (κ1) is 13.6. The van der Waals surface area contributed by atoms with E-state index in [1.54, 1.807) is 0 Å². The molecule has 2 unspecified atom stereocenters. The third-order valence-electron chi connectivity index (χ3n) is 3.74. The Morgan fingerprint density at radius 1 is 1.15 bits per heavy atom. The highest BCUT2D eigenvalue weighted by atomic mass is 35.5. The van der Waals surface area contributed by atoms with E-state index in [0.29, 0.717) is 18.1 Å². The average molecular weight is 289 g/mol. The molecule has 1 aliphatic heterocycles. The second-order valence-electron chi connectivity index (χ2n) is 5.14. The van der Waals surface area contributed by atoms with Crippen molar-refractivity contribution in [3.63, 3.8) is 0 Å². The van der Waals surface area contributed by atoms with Crippen molar-refractivity contribution in [1.29, 1.82) is 0 Å². The zero-order valence-electron chi connectivity index (χ0n) is 11.1. The molecule has 2 aromatic rings. The molecule has 0 saturated carbocycles. The average Bonchev–Trinajstić information content (AvgIpc) is 2.49. The van der Waals surface area contributed by atoms with Gasteiger partial charge in [-0.1, -0.05) is 48.0 Å². The van der Waals surface area contributed by atoms with Gasteiger partial charge in [0.2, 0.25) is 0 Å². The minimum atomic E-state index is -0.544. The van der Waals surface area contributed by atoms with Gasteiger partial charge in [-0.15, -0.1) is 0 Å². The molecule has 1 heterocycles. The topological polar surface area (TPSA) is 29.5 Å². The molecule has 2 nitrogen and oxygen atoms in total. The summed E-state index contributed by atoms with van der Waals surface area (Å²) >= 11 is 5.88. The van der Waals surface area contributed by atoms with Crippen molar-refractivity contribution in [2.24, 2.45) is 0 Å². The van der Waals surface area contributed by atoms with Crippen LogP contribution in [0.5, 0.6) is 0 Å². The molecule has 2 aromatic carbocycles. The molecule has 1 aliphatic rings. The summed E-state index contributed by atoms with van der Waals surface area (Å²) in [6.07, 6.45) is 0.699. The number of aliphatic hydroxyl groups excluding tert-OH is 1. The number of fused-ring (bicyclic) bond motifs is 1. The monoisotopic (exact) mass is 288 g/mol. The summed E-state index contributed by atoms with van der Waals surface area (Å²) in [5.74, 6) is 0. The first-order valence-corrected chi connectivity index (χ1v) is 7.24. The Kier molecular flexibility index (Phi) is 4.06. The van der Waals surface area contributed by atoms with Crippen LogP contribution in [0, 0.1) is 0 Å². The van der Waals surface area contributed by atoms with Gasteiger partial charge in [-0.2, -0.15) is 0 Å². The summed E-state index contributed by atoms with van der Waals surface area (Å²) in [7, 11) is 0. The van der Waals surface area contributed by atoms with Crippen LogP contribution in [-0.2, 0) is 17.6 Å². The van der Waals surface area contributed by atoms with Crippen LogP contribution in [0.4, 0.5) is 0 Å². The van der Waals surface area contributed by atoms with Crippen LogP contribution in [0.1, 0.15) is 22.8 Å². The van der Waals surface area contributed by atoms with Crippen LogP contribution in [0.25, 0.3) is 0 Å². The standard InChI is InChI=1S/C17H17ClO2/c18-14-7-5-12(6-8-14)11-16(19)17-15-4-2-1-3-13(15)9-10-20-17/h1-8,16-17,19H,9-11H2. The largest absolute Gasteiger partial charge is 0.390 e. The zero-order chi connectivity index (χ0) is 13.9. The van der Waals surface area contributed by atoms with Gasteiger partial charge in [-0.25, -0.2) is 0 Å². The van der Waals surface area contributed by atoms with Crippen molar-refractivity contribution in [2.45, 2.75) is 25.0 Å². The van der Waals surface area contributed by atoms with Crippen molar-refractivity contribution >= 4 is 11.6 Å². The summed E-state index contributed by atoms with van der Waals surface area (Å²) in [5.41, 5.74) is 3.45. The molecule has 2 atom stereocenters. The van der Waals surface area contributed by atoms with Crippen molar-refractivity contribution in [3.05, 3.63) is 70.2 Å². The maximum Gasteiger partial charge on any atom is 0.109 e. The van der Waals surface area contributed by atoms with E-state index < -0.39 is 6.10 Å². The Morgan fingerprint density at radius 2 is 1.90 bits per heavy atom. The first-order chi connectivity index (χ1) is 9.74. The second kappa shape index (κ2) is 5.96. The van der Waals surface area contributed by atoms with Crippen LogP contribution in [0.15, 0.2) is 48.5 Å². The van der Waals surface area contributed by atoms with Crippen molar-refractivity contribution in [3.8, 4) is 0 Å². The maximum atomic E-state index is 10.5. The lowest BCUT2D eigenvalue weighted by Crippen LogP contribution is -2.28. The predicted molar refractivity (Wildman–Crippen MR) is 80.0 cm³/mol. The molecule has 0 radical (unpaired) electrons. The number of benzene rings is 2. The van der Waals surface area contributed by atoms with Crippen LogP contribution in [-0.4, -0.2) is 17.8 Å². The SMILES string of the molecule is OC(Cc1ccc(Cl)cc1)C1OCCc2ccccc21. The number of hydrogen-bond donors (Lipinski definition) is 1. The number of halogens is 1. The Labute approximate surface area is 124 Å². The highest BCUT2D eigenvalue weighted by molar-refractivity contribution is 6.30. The van der Waals surface area contributed by atoms with E-state index in [4.69, 9.17) is 16.3 Å². The summed E-state index contributed by atoms with van der Waals surface area (Å²) in [4.78, 5) is 0. The molecule has 104 valence electrons. The summed E-state index contributed by atoms with van der Waals surface area (Å²) in [6.45, 7) is 0.666. The highest BCUT2D eigenvalue weighted by Gasteiger charge is 2.27. The van der Waals surface area contributed by atoms with Crippen molar-refractivity contribution in [1.82, 2.24) is 0 Å². The fourth-order valence-electron chi connectivity index (χ4n) is 2.71. The molecule has 3 heteroatoms. The smallest absolute Gasteiger partial charge is 0.109 e. The minimum Gasteiger partial charge on any atom is -0.390 e. The number of hydrogen-bond acceptors (Lipinski definition) is 2. The van der Waals surface area contributed by atoms with Gasteiger partial charge in [0.25, 0.3) is 0 Å². The lowest BCUT2D eigenvalue weighted by Gasteiger charge is -2.29. The van der Waals surface area contributed by atoms with Gasteiger partial charge in [-0.3, -0.25) is 0 Å². The molecular formula is C17H17ClO2. The maximum absolute atomic E-state index is 10.5. The van der Waals surface area contributed by atoms with E-state index in [2.05, 4.69) is 6.07 Å². The van der Waals surface area contributed by atoms with Crippen molar-refractivity contribution < 1.29 is 9.84 Å². The zero-order valence-corrected chi connectivity index (χ0v) is 11.9. The molecule has 0 aromatic heterocycles. The number of ether oxygens (including phenoxy) is 1. The first-order valence-electron chi connectivity index (χ1n) is 6.86. The van der Waals surface area contributed by atoms with E-state index in [0.717, 1.165) is 17.5 Å². The van der Waals surface area contributed by atoms with Gasteiger partial charge in [0.05, 0.1) is 12.7 Å².